The highest BCUT2D eigenvalue weighted by Crippen LogP contribution is 2.20. The van der Waals surface area contributed by atoms with E-state index in [1.807, 2.05) is 43.3 Å². The van der Waals surface area contributed by atoms with E-state index in [4.69, 9.17) is 0 Å². The zero-order valence-corrected chi connectivity index (χ0v) is 13.0. The van der Waals surface area contributed by atoms with Crippen LogP contribution in [0.1, 0.15) is 12.5 Å². The summed E-state index contributed by atoms with van der Waals surface area (Å²) in [5.74, 6) is 0. The molecule has 0 atom stereocenters. The second-order valence-electron chi connectivity index (χ2n) is 5.02. The highest BCUT2D eigenvalue weighted by atomic mass is 32.2. The first-order valence-electron chi connectivity index (χ1n) is 7.05. The Labute approximate surface area is 129 Å². The van der Waals surface area contributed by atoms with Crippen molar-refractivity contribution in [3.8, 4) is 0 Å². The first-order valence-corrected chi connectivity index (χ1v) is 8.53. The minimum atomic E-state index is -3.60. The second kappa shape index (κ2) is 5.77. The van der Waals surface area contributed by atoms with Gasteiger partial charge in [-0.1, -0.05) is 37.3 Å². The Bertz CT molecular complexity index is 903. The molecule has 0 aliphatic rings. The maximum Gasteiger partial charge on any atom is 0.261 e. The Hall–Kier alpha value is -2.40. The van der Waals surface area contributed by atoms with Crippen LogP contribution in [0.3, 0.4) is 0 Å². The summed E-state index contributed by atoms with van der Waals surface area (Å²) in [5, 5.41) is 0.893. The van der Waals surface area contributed by atoms with Crippen molar-refractivity contribution < 1.29 is 8.42 Å². The molecule has 1 aromatic heterocycles. The third kappa shape index (κ3) is 2.94. The summed E-state index contributed by atoms with van der Waals surface area (Å²) in [6, 6.07) is 16.2. The number of sulfonamides is 1. The fourth-order valence-electron chi connectivity index (χ4n) is 2.25. The molecule has 0 fully saturated rings. The van der Waals surface area contributed by atoms with E-state index in [1.54, 1.807) is 18.2 Å². The van der Waals surface area contributed by atoms with Gasteiger partial charge in [-0.3, -0.25) is 9.71 Å². The molecule has 3 aromatic rings. The Kier molecular flexibility index (Phi) is 3.81. The quantitative estimate of drug-likeness (QED) is 0.801. The van der Waals surface area contributed by atoms with Crippen molar-refractivity contribution in [2.45, 2.75) is 18.2 Å². The van der Waals surface area contributed by atoms with E-state index < -0.39 is 10.0 Å². The molecule has 0 saturated carbocycles. The van der Waals surface area contributed by atoms with Crippen molar-refractivity contribution in [2.24, 2.45) is 0 Å². The van der Waals surface area contributed by atoms with Gasteiger partial charge in [0.2, 0.25) is 0 Å². The molecular formula is C17H16N2O2S. The average Bonchev–Trinajstić information content (AvgIpc) is 2.54. The number of hydrogen-bond acceptors (Lipinski definition) is 3. The number of aromatic nitrogens is 1. The number of pyridine rings is 1. The smallest absolute Gasteiger partial charge is 0.261 e. The van der Waals surface area contributed by atoms with Crippen molar-refractivity contribution in [2.75, 3.05) is 4.72 Å². The highest BCUT2D eigenvalue weighted by molar-refractivity contribution is 7.92. The van der Waals surface area contributed by atoms with Crippen molar-refractivity contribution >= 4 is 26.6 Å². The molecule has 0 bridgehead atoms. The Morgan fingerprint density at radius 1 is 1.05 bits per heavy atom. The van der Waals surface area contributed by atoms with Gasteiger partial charge in [-0.15, -0.1) is 0 Å². The molecule has 0 amide bonds. The van der Waals surface area contributed by atoms with E-state index >= 15 is 0 Å². The minimum absolute atomic E-state index is 0.248. The largest absolute Gasteiger partial charge is 0.278 e. The van der Waals surface area contributed by atoms with Gasteiger partial charge in [-0.2, -0.15) is 0 Å². The lowest BCUT2D eigenvalue weighted by Crippen LogP contribution is -2.13. The van der Waals surface area contributed by atoms with Crippen molar-refractivity contribution in [1.82, 2.24) is 4.98 Å². The molecule has 0 aliphatic carbocycles. The molecule has 112 valence electrons. The van der Waals surface area contributed by atoms with Crippen LogP contribution >= 0.6 is 0 Å². The number of nitrogens with one attached hydrogen (secondary N) is 1. The van der Waals surface area contributed by atoms with Gasteiger partial charge in [0.15, 0.2) is 0 Å². The Morgan fingerprint density at radius 3 is 2.50 bits per heavy atom. The van der Waals surface area contributed by atoms with Gasteiger partial charge in [-0.25, -0.2) is 8.42 Å². The topological polar surface area (TPSA) is 59.1 Å². The van der Waals surface area contributed by atoms with Gasteiger partial charge in [-0.05, 0) is 36.2 Å². The lowest BCUT2D eigenvalue weighted by atomic mass is 10.2. The number of rotatable bonds is 4. The summed E-state index contributed by atoms with van der Waals surface area (Å²) in [6.45, 7) is 2.03. The van der Waals surface area contributed by atoms with E-state index in [2.05, 4.69) is 9.71 Å². The Balaban J connectivity index is 1.91. The summed E-state index contributed by atoms with van der Waals surface area (Å²) >= 11 is 0. The average molecular weight is 312 g/mol. The number of hydrogen-bond donors (Lipinski definition) is 1. The van der Waals surface area contributed by atoms with E-state index in [0.717, 1.165) is 22.9 Å². The molecule has 0 saturated heterocycles. The van der Waals surface area contributed by atoms with Crippen LogP contribution < -0.4 is 4.72 Å². The summed E-state index contributed by atoms with van der Waals surface area (Å²) in [6.07, 6.45) is 2.41. The molecule has 4 nitrogen and oxygen atoms in total. The van der Waals surface area contributed by atoms with Crippen LogP contribution in [0, 0.1) is 0 Å². The zero-order chi connectivity index (χ0) is 15.6. The molecule has 5 heteroatoms. The molecule has 3 rings (SSSR count). The van der Waals surface area contributed by atoms with Crippen molar-refractivity contribution in [3.63, 3.8) is 0 Å². The molecule has 0 radical (unpaired) electrons. The van der Waals surface area contributed by atoms with Crippen LogP contribution in [0.5, 0.6) is 0 Å². The van der Waals surface area contributed by atoms with Crippen LogP contribution in [0.4, 0.5) is 5.69 Å². The number of anilines is 1. The van der Waals surface area contributed by atoms with Crippen LogP contribution in [0.15, 0.2) is 65.7 Å². The highest BCUT2D eigenvalue weighted by Gasteiger charge is 2.14. The van der Waals surface area contributed by atoms with Gasteiger partial charge in [0.05, 0.1) is 22.3 Å². The van der Waals surface area contributed by atoms with Crippen molar-refractivity contribution in [1.29, 1.82) is 0 Å². The number of para-hydroxylation sites is 1. The predicted molar refractivity (Wildman–Crippen MR) is 88.4 cm³/mol. The maximum atomic E-state index is 12.4. The molecular weight excluding hydrogens is 296 g/mol. The normalized spacial score (nSPS) is 11.5. The minimum Gasteiger partial charge on any atom is -0.278 e. The van der Waals surface area contributed by atoms with E-state index in [1.165, 1.54) is 6.20 Å². The third-order valence-corrected chi connectivity index (χ3v) is 4.88. The van der Waals surface area contributed by atoms with E-state index in [0.29, 0.717) is 5.69 Å². The lowest BCUT2D eigenvalue weighted by molar-refractivity contribution is 0.601. The van der Waals surface area contributed by atoms with Gasteiger partial charge >= 0.3 is 0 Å². The number of benzene rings is 2. The fraction of sp³-hybridized carbons (Fsp3) is 0.118. The second-order valence-corrected chi connectivity index (χ2v) is 6.70. The first kappa shape index (κ1) is 14.5. The zero-order valence-electron chi connectivity index (χ0n) is 12.2. The molecule has 0 aliphatic heterocycles. The van der Waals surface area contributed by atoms with E-state index in [-0.39, 0.29) is 4.90 Å². The van der Waals surface area contributed by atoms with Gasteiger partial charge in [0.1, 0.15) is 0 Å². The van der Waals surface area contributed by atoms with Crippen LogP contribution in [0.25, 0.3) is 10.9 Å². The first-order chi connectivity index (χ1) is 10.6. The molecule has 0 unspecified atom stereocenters. The molecule has 22 heavy (non-hydrogen) atoms. The van der Waals surface area contributed by atoms with Crippen molar-refractivity contribution in [3.05, 3.63) is 66.4 Å². The third-order valence-electron chi connectivity index (χ3n) is 3.48. The summed E-state index contributed by atoms with van der Waals surface area (Å²) in [4.78, 5) is 4.51. The molecule has 2 aromatic carbocycles. The summed E-state index contributed by atoms with van der Waals surface area (Å²) in [5.41, 5.74) is 2.39. The predicted octanol–water partition coefficient (Wildman–Crippen LogP) is 3.60. The fourth-order valence-corrected chi connectivity index (χ4v) is 3.28. The molecule has 1 N–H and O–H groups in total. The monoisotopic (exact) mass is 312 g/mol. The van der Waals surface area contributed by atoms with Crippen LogP contribution in [0.2, 0.25) is 0 Å². The summed E-state index contributed by atoms with van der Waals surface area (Å²) in [7, 11) is -3.60. The standard InChI is InChI=1S/C17H16N2O2S/c1-2-13-7-9-16(10-8-13)22(20,21)19-15-11-14-5-3-4-6-17(14)18-12-15/h3-12,19H,2H2,1H3. The van der Waals surface area contributed by atoms with Crippen LogP contribution in [-0.4, -0.2) is 13.4 Å². The van der Waals surface area contributed by atoms with Crippen LogP contribution in [-0.2, 0) is 16.4 Å². The summed E-state index contributed by atoms with van der Waals surface area (Å²) < 4.78 is 27.4. The molecule has 1 heterocycles. The molecule has 0 spiro atoms. The van der Waals surface area contributed by atoms with Gasteiger partial charge in [0, 0.05) is 5.39 Å². The number of nitrogens with zero attached hydrogens (tertiary/aromatic N) is 1. The lowest BCUT2D eigenvalue weighted by Gasteiger charge is -2.09. The van der Waals surface area contributed by atoms with Gasteiger partial charge in [0.25, 0.3) is 10.0 Å². The van der Waals surface area contributed by atoms with Gasteiger partial charge < -0.3 is 0 Å². The maximum absolute atomic E-state index is 12.4. The Morgan fingerprint density at radius 2 is 1.77 bits per heavy atom. The van der Waals surface area contributed by atoms with E-state index in [9.17, 15) is 8.42 Å². The number of fused-ring (bicyclic) bond motifs is 1. The number of aryl methyl sites for hydroxylation is 1. The SMILES string of the molecule is CCc1ccc(S(=O)(=O)Nc2cnc3ccccc3c2)cc1.